The van der Waals surface area contributed by atoms with Crippen molar-refractivity contribution in [3.63, 3.8) is 0 Å². The van der Waals surface area contributed by atoms with Gasteiger partial charge in [0.05, 0.1) is 0 Å². The van der Waals surface area contributed by atoms with E-state index in [4.69, 9.17) is 4.12 Å². The Labute approximate surface area is 69.6 Å². The van der Waals surface area contributed by atoms with Crippen molar-refractivity contribution >= 4 is 39.1 Å². The lowest BCUT2D eigenvalue weighted by molar-refractivity contribution is 0.594. The van der Waals surface area contributed by atoms with Crippen molar-refractivity contribution in [2.24, 2.45) is 0 Å². The molecule has 0 aliphatic carbocycles. The SMILES string of the molecule is C[Si](C)(S)O[Si](C)(C)S. The van der Waals surface area contributed by atoms with Crippen LogP contribution in [-0.4, -0.2) is 14.9 Å². The van der Waals surface area contributed by atoms with Crippen molar-refractivity contribution < 1.29 is 4.12 Å². The molecule has 0 aromatic rings. The third-order valence-corrected chi connectivity index (χ3v) is 6.14. The Balaban J connectivity index is 3.75. The zero-order chi connectivity index (χ0) is 7.71. The zero-order valence-corrected chi connectivity index (χ0v) is 10.1. The maximum atomic E-state index is 5.63. The molecule has 0 amide bonds. The summed E-state index contributed by atoms with van der Waals surface area (Å²) in [6, 6.07) is 0. The van der Waals surface area contributed by atoms with E-state index in [1.807, 2.05) is 0 Å². The molecular formula is C4H14OS2Si2. The Morgan fingerprint density at radius 2 is 1.11 bits per heavy atom. The third kappa shape index (κ3) is 9.09. The van der Waals surface area contributed by atoms with Crippen LogP contribution >= 0.6 is 24.2 Å². The van der Waals surface area contributed by atoms with Crippen molar-refractivity contribution in [3.05, 3.63) is 0 Å². The van der Waals surface area contributed by atoms with Gasteiger partial charge >= 0.3 is 0 Å². The predicted octanol–water partition coefficient (Wildman–Crippen LogP) is 2.27. The molecule has 0 bridgehead atoms. The first-order chi connectivity index (χ1) is 3.71. The van der Waals surface area contributed by atoms with Crippen LogP contribution in [0.3, 0.4) is 0 Å². The average Bonchev–Trinajstić information content (AvgIpc) is 1.14. The molecule has 0 aromatic carbocycles. The summed E-state index contributed by atoms with van der Waals surface area (Å²) in [5.74, 6) is 0. The van der Waals surface area contributed by atoms with Gasteiger partial charge in [-0.2, -0.15) is 24.2 Å². The van der Waals surface area contributed by atoms with Gasteiger partial charge in [0.2, 0.25) is 14.9 Å². The Hall–Kier alpha value is 1.09. The highest BCUT2D eigenvalue weighted by Gasteiger charge is 2.26. The lowest BCUT2D eigenvalue weighted by atomic mass is 11.9. The summed E-state index contributed by atoms with van der Waals surface area (Å²) in [5, 5.41) is 0. The van der Waals surface area contributed by atoms with Crippen LogP contribution in [-0.2, 0) is 4.12 Å². The van der Waals surface area contributed by atoms with E-state index in [2.05, 4.69) is 50.3 Å². The molecule has 5 heteroatoms. The first-order valence-corrected chi connectivity index (χ1v) is 11.2. The van der Waals surface area contributed by atoms with E-state index in [0.29, 0.717) is 0 Å². The quantitative estimate of drug-likeness (QED) is 0.511. The minimum Gasteiger partial charge on any atom is -0.440 e. The summed E-state index contributed by atoms with van der Waals surface area (Å²) in [5.41, 5.74) is 0. The van der Waals surface area contributed by atoms with Crippen molar-refractivity contribution in [1.82, 2.24) is 0 Å². The first-order valence-electron chi connectivity index (χ1n) is 2.86. The van der Waals surface area contributed by atoms with Gasteiger partial charge in [-0.1, -0.05) is 0 Å². The minimum atomic E-state index is -1.61. The highest BCUT2D eigenvalue weighted by molar-refractivity contribution is 8.16. The fourth-order valence-electron chi connectivity index (χ4n) is 0.611. The lowest BCUT2D eigenvalue weighted by Gasteiger charge is -2.25. The highest BCUT2D eigenvalue weighted by atomic mass is 32.3. The average molecular weight is 198 g/mol. The van der Waals surface area contributed by atoms with Gasteiger partial charge in [-0.3, -0.25) is 0 Å². The molecule has 0 saturated carbocycles. The van der Waals surface area contributed by atoms with E-state index in [1.54, 1.807) is 0 Å². The zero-order valence-electron chi connectivity index (χ0n) is 6.30. The number of thiol groups is 2. The van der Waals surface area contributed by atoms with Gasteiger partial charge in [-0.05, 0) is 26.2 Å². The second-order valence-electron chi connectivity index (χ2n) is 3.00. The van der Waals surface area contributed by atoms with Crippen LogP contribution in [0.25, 0.3) is 0 Å². The second-order valence-corrected chi connectivity index (χ2v) is 16.1. The van der Waals surface area contributed by atoms with Gasteiger partial charge in [-0.25, -0.2) is 0 Å². The van der Waals surface area contributed by atoms with E-state index in [0.717, 1.165) is 0 Å². The van der Waals surface area contributed by atoms with Crippen LogP contribution in [0.5, 0.6) is 0 Å². The Morgan fingerprint density at radius 3 is 1.11 bits per heavy atom. The summed E-state index contributed by atoms with van der Waals surface area (Å²) in [6.07, 6.45) is 0. The van der Waals surface area contributed by atoms with Crippen LogP contribution in [0.4, 0.5) is 0 Å². The Kier molecular flexibility index (Phi) is 3.36. The number of hydrogen-bond acceptors (Lipinski definition) is 3. The molecule has 0 radical (unpaired) electrons. The van der Waals surface area contributed by atoms with Crippen LogP contribution in [0, 0.1) is 0 Å². The van der Waals surface area contributed by atoms with Crippen LogP contribution < -0.4 is 0 Å². The summed E-state index contributed by atoms with van der Waals surface area (Å²) < 4.78 is 5.63. The summed E-state index contributed by atoms with van der Waals surface area (Å²) in [7, 11) is -3.23. The van der Waals surface area contributed by atoms with Gasteiger partial charge in [0, 0.05) is 0 Å². The first kappa shape index (κ1) is 10.1. The molecule has 1 nitrogen and oxygen atoms in total. The van der Waals surface area contributed by atoms with E-state index in [9.17, 15) is 0 Å². The largest absolute Gasteiger partial charge is 0.440 e. The van der Waals surface area contributed by atoms with Crippen molar-refractivity contribution in [3.8, 4) is 0 Å². The van der Waals surface area contributed by atoms with Gasteiger partial charge in [0.15, 0.2) is 0 Å². The van der Waals surface area contributed by atoms with Gasteiger partial charge in [-0.15, -0.1) is 0 Å². The normalized spacial score (nSPS) is 14.0. The van der Waals surface area contributed by atoms with Crippen LogP contribution in [0.2, 0.25) is 26.2 Å². The molecule has 0 atom stereocenters. The fraction of sp³-hybridized carbons (Fsp3) is 1.00. The number of rotatable bonds is 2. The molecule has 0 fully saturated rings. The molecule has 0 aliphatic heterocycles. The van der Waals surface area contributed by atoms with E-state index < -0.39 is 14.9 Å². The topological polar surface area (TPSA) is 9.23 Å². The fourth-order valence-corrected chi connectivity index (χ4v) is 10.3. The molecule has 0 spiro atoms. The number of hydrogen-bond donors (Lipinski definition) is 2. The molecule has 56 valence electrons. The van der Waals surface area contributed by atoms with Gasteiger partial charge in [0.25, 0.3) is 0 Å². The molecule has 0 aliphatic rings. The second kappa shape index (κ2) is 3.00. The smallest absolute Gasteiger partial charge is 0.234 e. The predicted molar refractivity (Wildman–Crippen MR) is 54.0 cm³/mol. The van der Waals surface area contributed by atoms with Crippen LogP contribution in [0.1, 0.15) is 0 Å². The maximum Gasteiger partial charge on any atom is 0.234 e. The Bertz CT molecular complexity index is 81.7. The van der Waals surface area contributed by atoms with Crippen molar-refractivity contribution in [1.29, 1.82) is 0 Å². The maximum absolute atomic E-state index is 5.63. The standard InChI is InChI=1S/C4H14OS2Si2/c1-8(2,6)5-9(3,4)7/h6-7H,1-4H3. The summed E-state index contributed by atoms with van der Waals surface area (Å²) in [4.78, 5) is 0. The van der Waals surface area contributed by atoms with Crippen molar-refractivity contribution in [2.75, 3.05) is 0 Å². The molecule has 9 heavy (non-hydrogen) atoms. The van der Waals surface area contributed by atoms with Gasteiger partial charge in [0.1, 0.15) is 0 Å². The van der Waals surface area contributed by atoms with E-state index in [1.165, 1.54) is 0 Å². The molecule has 0 rings (SSSR count). The Morgan fingerprint density at radius 1 is 0.889 bits per heavy atom. The molecule has 0 aromatic heterocycles. The van der Waals surface area contributed by atoms with E-state index in [-0.39, 0.29) is 0 Å². The highest BCUT2D eigenvalue weighted by Crippen LogP contribution is 2.18. The molecule has 0 unspecified atom stereocenters. The summed E-state index contributed by atoms with van der Waals surface area (Å²) >= 11 is 8.70. The molecule has 0 saturated heterocycles. The molecular weight excluding hydrogens is 184 g/mol. The van der Waals surface area contributed by atoms with Crippen LogP contribution in [0.15, 0.2) is 0 Å². The monoisotopic (exact) mass is 198 g/mol. The van der Waals surface area contributed by atoms with Gasteiger partial charge < -0.3 is 4.12 Å². The summed E-state index contributed by atoms with van der Waals surface area (Å²) in [6.45, 7) is 8.23. The van der Waals surface area contributed by atoms with E-state index >= 15 is 0 Å². The molecule has 0 N–H and O–H groups in total. The van der Waals surface area contributed by atoms with Crippen molar-refractivity contribution in [2.45, 2.75) is 26.2 Å². The lowest BCUT2D eigenvalue weighted by Crippen LogP contribution is -2.36. The minimum absolute atomic E-state index is 1.61. The molecule has 0 heterocycles. The third-order valence-electron chi connectivity index (χ3n) is 0.500.